The van der Waals surface area contributed by atoms with Crippen molar-refractivity contribution in [3.8, 4) is 0 Å². The van der Waals surface area contributed by atoms with Gasteiger partial charge in [0.2, 0.25) is 0 Å². The van der Waals surface area contributed by atoms with Gasteiger partial charge in [-0.15, -0.1) is 0 Å². The highest BCUT2D eigenvalue weighted by atomic mass is 32.2. The monoisotopic (exact) mass is 329 g/mol. The van der Waals surface area contributed by atoms with E-state index in [1.807, 2.05) is 6.92 Å². The van der Waals surface area contributed by atoms with E-state index in [1.165, 1.54) is 0 Å². The topological polar surface area (TPSA) is 70.6 Å². The lowest BCUT2D eigenvalue weighted by Crippen LogP contribution is -2.44. The maximum atomic E-state index is 12.0. The molecule has 1 aliphatic heterocycles. The van der Waals surface area contributed by atoms with Gasteiger partial charge in [0, 0.05) is 25.6 Å². The molecule has 0 aromatic carbocycles. The van der Waals surface area contributed by atoms with Gasteiger partial charge < -0.3 is 10.6 Å². The Balaban J connectivity index is 2.36. The maximum Gasteiger partial charge on any atom is 0.389 e. The van der Waals surface area contributed by atoms with Gasteiger partial charge in [0.05, 0.1) is 11.5 Å². The van der Waals surface area contributed by atoms with Gasteiger partial charge in [0.15, 0.2) is 15.8 Å². The first kappa shape index (κ1) is 18.1. The Bertz CT molecular complexity index is 449. The smallest absolute Gasteiger partial charge is 0.357 e. The van der Waals surface area contributed by atoms with E-state index in [2.05, 4.69) is 15.6 Å². The number of hydrogen-bond donors (Lipinski definition) is 2. The first-order valence-electron chi connectivity index (χ1n) is 7.04. The van der Waals surface area contributed by atoms with Crippen LogP contribution in [0, 0.1) is 0 Å². The highest BCUT2D eigenvalue weighted by molar-refractivity contribution is 7.91. The zero-order valence-electron chi connectivity index (χ0n) is 12.0. The average molecular weight is 329 g/mol. The average Bonchev–Trinajstić information content (AvgIpc) is 2.67. The first-order chi connectivity index (χ1) is 9.72. The number of nitrogens with zero attached hydrogens (tertiary/aromatic N) is 1. The van der Waals surface area contributed by atoms with Gasteiger partial charge in [-0.05, 0) is 26.2 Å². The molecule has 0 aromatic rings. The van der Waals surface area contributed by atoms with Crippen LogP contribution in [0.5, 0.6) is 0 Å². The number of rotatable bonds is 6. The van der Waals surface area contributed by atoms with Gasteiger partial charge in [-0.2, -0.15) is 13.2 Å². The number of sulfone groups is 1. The van der Waals surface area contributed by atoms with Gasteiger partial charge in [-0.3, -0.25) is 4.99 Å². The Hall–Kier alpha value is -0.990. The normalized spacial score (nSPS) is 22.3. The molecule has 5 nitrogen and oxygen atoms in total. The number of hydrogen-bond acceptors (Lipinski definition) is 3. The van der Waals surface area contributed by atoms with Crippen molar-refractivity contribution in [2.75, 3.05) is 24.6 Å². The van der Waals surface area contributed by atoms with E-state index >= 15 is 0 Å². The summed E-state index contributed by atoms with van der Waals surface area (Å²) in [6, 6.07) is -0.178. The Labute approximate surface area is 123 Å². The largest absolute Gasteiger partial charge is 0.389 e. The van der Waals surface area contributed by atoms with Gasteiger partial charge in [-0.25, -0.2) is 8.42 Å². The third kappa shape index (κ3) is 8.13. The molecule has 1 atom stereocenters. The summed E-state index contributed by atoms with van der Waals surface area (Å²) in [7, 11) is -2.97. The number of guanidine groups is 1. The van der Waals surface area contributed by atoms with Gasteiger partial charge >= 0.3 is 6.18 Å². The van der Waals surface area contributed by atoms with Crippen molar-refractivity contribution in [1.82, 2.24) is 10.6 Å². The summed E-state index contributed by atoms with van der Waals surface area (Å²) in [6.45, 7) is 2.75. The Morgan fingerprint density at radius 3 is 2.57 bits per heavy atom. The maximum absolute atomic E-state index is 12.0. The number of alkyl halides is 3. The molecule has 0 spiro atoms. The standard InChI is InChI=1S/C12H22F3N3O2S/c1-2-16-11(17-7-4-3-6-12(13,14)15)18-10-5-8-21(19,20)9-10/h10H,2-9H2,1H3,(H2,16,17,18). The van der Waals surface area contributed by atoms with Crippen molar-refractivity contribution in [2.24, 2.45) is 4.99 Å². The van der Waals surface area contributed by atoms with Crippen LogP contribution in [0.1, 0.15) is 32.6 Å². The van der Waals surface area contributed by atoms with E-state index in [0.717, 1.165) is 0 Å². The highest BCUT2D eigenvalue weighted by Crippen LogP contribution is 2.22. The lowest BCUT2D eigenvalue weighted by Gasteiger charge is -2.15. The molecule has 0 bridgehead atoms. The quantitative estimate of drug-likeness (QED) is 0.440. The summed E-state index contributed by atoms with van der Waals surface area (Å²) < 4.78 is 58.7. The molecule has 9 heteroatoms. The fourth-order valence-corrected chi connectivity index (χ4v) is 3.72. The van der Waals surface area contributed by atoms with Crippen LogP contribution in [0.25, 0.3) is 0 Å². The molecule has 0 amide bonds. The predicted octanol–water partition coefficient (Wildman–Crippen LogP) is 1.46. The van der Waals surface area contributed by atoms with Gasteiger partial charge in [-0.1, -0.05) is 0 Å². The number of unbranched alkanes of at least 4 members (excludes halogenated alkanes) is 1. The zero-order valence-corrected chi connectivity index (χ0v) is 12.9. The number of nitrogens with one attached hydrogen (secondary N) is 2. The van der Waals surface area contributed by atoms with Crippen molar-refractivity contribution in [3.63, 3.8) is 0 Å². The third-order valence-electron chi connectivity index (χ3n) is 3.06. The summed E-state index contributed by atoms with van der Waals surface area (Å²) >= 11 is 0. The van der Waals surface area contributed by atoms with Crippen LogP contribution in [-0.4, -0.2) is 51.2 Å². The van der Waals surface area contributed by atoms with E-state index in [4.69, 9.17) is 0 Å². The summed E-state index contributed by atoms with van der Waals surface area (Å²) in [5, 5.41) is 5.98. The lowest BCUT2D eigenvalue weighted by atomic mass is 10.2. The molecular formula is C12H22F3N3O2S. The van der Waals surface area contributed by atoms with E-state index in [-0.39, 0.29) is 30.5 Å². The Morgan fingerprint density at radius 2 is 2.05 bits per heavy atom. The molecule has 124 valence electrons. The first-order valence-corrected chi connectivity index (χ1v) is 8.86. The van der Waals surface area contributed by atoms with Crippen LogP contribution in [0.2, 0.25) is 0 Å². The molecule has 0 aliphatic carbocycles. The van der Waals surface area contributed by atoms with Crippen molar-refractivity contribution >= 4 is 15.8 Å². The molecule has 0 saturated carbocycles. The number of aliphatic imine (C=N–C) groups is 1. The second-order valence-corrected chi connectivity index (χ2v) is 7.31. The third-order valence-corrected chi connectivity index (χ3v) is 4.82. The molecule has 1 rings (SSSR count). The molecule has 21 heavy (non-hydrogen) atoms. The molecule has 1 unspecified atom stereocenters. The predicted molar refractivity (Wildman–Crippen MR) is 76.1 cm³/mol. The second-order valence-electron chi connectivity index (χ2n) is 5.08. The lowest BCUT2D eigenvalue weighted by molar-refractivity contribution is -0.135. The molecule has 1 aliphatic rings. The fourth-order valence-electron chi connectivity index (χ4n) is 2.05. The molecule has 1 fully saturated rings. The second kappa shape index (κ2) is 7.86. The molecule has 2 N–H and O–H groups in total. The van der Waals surface area contributed by atoms with Crippen LogP contribution < -0.4 is 10.6 Å². The molecule has 1 heterocycles. The summed E-state index contributed by atoms with van der Waals surface area (Å²) in [5.74, 6) is 0.702. The number of halogens is 3. The SMILES string of the molecule is CCNC(=NCCCCC(F)(F)F)NC1CCS(=O)(=O)C1. The van der Waals surface area contributed by atoms with Crippen LogP contribution in [0.4, 0.5) is 13.2 Å². The van der Waals surface area contributed by atoms with E-state index in [0.29, 0.717) is 25.3 Å². The van der Waals surface area contributed by atoms with Crippen molar-refractivity contribution < 1.29 is 21.6 Å². The molecule has 1 saturated heterocycles. The van der Waals surface area contributed by atoms with Crippen LogP contribution in [0.3, 0.4) is 0 Å². The summed E-state index contributed by atoms with van der Waals surface area (Å²) in [4.78, 5) is 4.18. The van der Waals surface area contributed by atoms with E-state index < -0.39 is 22.4 Å². The van der Waals surface area contributed by atoms with Gasteiger partial charge in [0.25, 0.3) is 0 Å². The van der Waals surface area contributed by atoms with Crippen molar-refractivity contribution in [2.45, 2.75) is 44.8 Å². The van der Waals surface area contributed by atoms with Crippen LogP contribution in [-0.2, 0) is 9.84 Å². The van der Waals surface area contributed by atoms with Gasteiger partial charge in [0.1, 0.15) is 0 Å². The zero-order chi connectivity index (χ0) is 15.9. The van der Waals surface area contributed by atoms with Crippen molar-refractivity contribution in [1.29, 1.82) is 0 Å². The van der Waals surface area contributed by atoms with E-state index in [1.54, 1.807) is 0 Å². The Morgan fingerprint density at radius 1 is 1.33 bits per heavy atom. The Kier molecular flexibility index (Phi) is 6.76. The highest BCUT2D eigenvalue weighted by Gasteiger charge is 2.28. The van der Waals surface area contributed by atoms with E-state index in [9.17, 15) is 21.6 Å². The minimum atomic E-state index is -4.12. The summed E-state index contributed by atoms with van der Waals surface area (Å²) in [6.07, 6.45) is -4.00. The van der Waals surface area contributed by atoms with Crippen LogP contribution >= 0.6 is 0 Å². The van der Waals surface area contributed by atoms with Crippen LogP contribution in [0.15, 0.2) is 4.99 Å². The fraction of sp³-hybridized carbons (Fsp3) is 0.917. The molecule has 0 radical (unpaired) electrons. The summed E-state index contributed by atoms with van der Waals surface area (Å²) in [5.41, 5.74) is 0. The minimum Gasteiger partial charge on any atom is -0.357 e. The molecular weight excluding hydrogens is 307 g/mol. The molecule has 0 aromatic heterocycles. The van der Waals surface area contributed by atoms with Crippen molar-refractivity contribution in [3.05, 3.63) is 0 Å². The minimum absolute atomic E-state index is 0.0458.